The average molecular weight is 648 g/mol. The van der Waals surface area contributed by atoms with Crippen LogP contribution in [0.25, 0.3) is 10.8 Å². The van der Waals surface area contributed by atoms with E-state index in [9.17, 15) is 19.1 Å². The molecule has 0 saturated carbocycles. The Morgan fingerprint density at radius 1 is 1.11 bits per heavy atom. The summed E-state index contributed by atoms with van der Waals surface area (Å²) in [7, 11) is 0. The van der Waals surface area contributed by atoms with Crippen molar-refractivity contribution in [2.45, 2.75) is 75.7 Å². The molecule has 1 unspecified atom stereocenters. The van der Waals surface area contributed by atoms with E-state index in [0.717, 1.165) is 47.1 Å². The van der Waals surface area contributed by atoms with Crippen LogP contribution in [-0.2, 0) is 24.2 Å². The second kappa shape index (κ2) is 11.2. The monoisotopic (exact) mass is 647 g/mol. The quantitative estimate of drug-likeness (QED) is 0.344. The minimum Gasteiger partial charge on any atom is -0.508 e. The summed E-state index contributed by atoms with van der Waals surface area (Å²) in [6.07, 6.45) is 3.62. The predicted molar refractivity (Wildman–Crippen MR) is 171 cm³/mol. The average Bonchev–Trinajstić information content (AvgIpc) is 3.67. The lowest BCUT2D eigenvalue weighted by Crippen LogP contribution is -2.59. The van der Waals surface area contributed by atoms with Gasteiger partial charge >= 0.3 is 12.0 Å². The van der Waals surface area contributed by atoms with Crippen LogP contribution in [0.15, 0.2) is 24.3 Å². The normalized spacial score (nSPS) is 27.3. The molecule has 0 aliphatic carbocycles. The van der Waals surface area contributed by atoms with Crippen molar-refractivity contribution in [1.29, 1.82) is 0 Å². The second-order valence-corrected chi connectivity index (χ2v) is 13.7. The fourth-order valence-corrected chi connectivity index (χ4v) is 8.69. The van der Waals surface area contributed by atoms with Gasteiger partial charge in [-0.25, -0.2) is 13.6 Å². The molecule has 3 N–H and O–H groups in total. The van der Waals surface area contributed by atoms with Crippen LogP contribution >= 0.6 is 0 Å². The molecule has 0 radical (unpaired) electrons. The highest BCUT2D eigenvalue weighted by Gasteiger charge is 2.51. The van der Waals surface area contributed by atoms with Gasteiger partial charge in [0.15, 0.2) is 0 Å². The summed E-state index contributed by atoms with van der Waals surface area (Å²) in [6, 6.07) is 6.16. The first-order valence-electron chi connectivity index (χ1n) is 16.7. The molecule has 3 atom stereocenters. The number of nitrogens with zero attached hydrogens (tertiary/aromatic N) is 5. The van der Waals surface area contributed by atoms with Crippen molar-refractivity contribution in [3.05, 3.63) is 46.9 Å². The highest BCUT2D eigenvalue weighted by Crippen LogP contribution is 2.42. The minimum absolute atomic E-state index is 0.0953. The van der Waals surface area contributed by atoms with Crippen molar-refractivity contribution >= 4 is 34.2 Å². The number of anilines is 2. The number of halogens is 2. The molecule has 0 bridgehead atoms. The topological polar surface area (TPSA) is 123 Å². The highest BCUT2D eigenvalue weighted by atomic mass is 19.1. The third-order valence-corrected chi connectivity index (χ3v) is 10.9. The number of carbonyl (C=O) groups is 2. The maximum atomic E-state index is 15.0. The fraction of sp³-hybridized carbons (Fsp3) is 0.529. The Bertz CT molecular complexity index is 1790. The zero-order valence-corrected chi connectivity index (χ0v) is 26.5. The fourth-order valence-electron chi connectivity index (χ4n) is 8.69. The molecule has 5 aliphatic rings. The number of hydrogen-bond acceptors (Lipinski definition) is 9. The third-order valence-electron chi connectivity index (χ3n) is 10.9. The van der Waals surface area contributed by atoms with E-state index in [2.05, 4.69) is 20.4 Å². The molecule has 1 spiro atoms. The van der Waals surface area contributed by atoms with Gasteiger partial charge in [-0.05, 0) is 68.2 Å². The van der Waals surface area contributed by atoms with Crippen LogP contribution in [-0.4, -0.2) is 88.5 Å². The molecule has 13 heteroatoms. The number of phenols is 1. The summed E-state index contributed by atoms with van der Waals surface area (Å²) in [5.41, 5.74) is 1.55. The van der Waals surface area contributed by atoms with Crippen LogP contribution in [0.5, 0.6) is 11.8 Å². The van der Waals surface area contributed by atoms with Gasteiger partial charge in [-0.1, -0.05) is 13.0 Å². The predicted octanol–water partition coefficient (Wildman–Crippen LogP) is 3.73. The Morgan fingerprint density at radius 2 is 1.96 bits per heavy atom. The molecule has 47 heavy (non-hydrogen) atoms. The van der Waals surface area contributed by atoms with E-state index in [-0.39, 0.29) is 42.2 Å². The molecule has 2 aromatic carbocycles. The Balaban J connectivity index is 1.17. The number of phenolic OH excluding ortho intramolecular Hbond substituents is 1. The first-order valence-corrected chi connectivity index (χ1v) is 16.7. The Hall–Kier alpha value is -4.26. The van der Waals surface area contributed by atoms with Crippen LogP contribution in [0.2, 0.25) is 0 Å². The molecule has 3 aromatic rings. The molecule has 6 heterocycles. The van der Waals surface area contributed by atoms with E-state index in [4.69, 9.17) is 14.7 Å². The summed E-state index contributed by atoms with van der Waals surface area (Å²) >= 11 is 0. The highest BCUT2D eigenvalue weighted by molar-refractivity contribution is 6.07. The van der Waals surface area contributed by atoms with E-state index in [1.165, 1.54) is 6.07 Å². The van der Waals surface area contributed by atoms with Crippen molar-refractivity contribution in [1.82, 2.24) is 25.5 Å². The molecular weight excluding hydrogens is 608 g/mol. The van der Waals surface area contributed by atoms with Crippen LogP contribution in [0.3, 0.4) is 0 Å². The Morgan fingerprint density at radius 3 is 2.77 bits per heavy atom. The molecule has 4 fully saturated rings. The minimum atomic E-state index is -1.04. The van der Waals surface area contributed by atoms with E-state index < -0.39 is 17.7 Å². The van der Waals surface area contributed by atoms with E-state index in [0.29, 0.717) is 69.7 Å². The van der Waals surface area contributed by atoms with Gasteiger partial charge in [0.1, 0.15) is 35.7 Å². The van der Waals surface area contributed by atoms with Gasteiger partial charge in [0, 0.05) is 48.8 Å². The van der Waals surface area contributed by atoms with Crippen molar-refractivity contribution in [3.8, 4) is 11.8 Å². The summed E-state index contributed by atoms with van der Waals surface area (Å²) in [5.74, 6) is 0.136. The number of aromatic hydroxyl groups is 1. The number of piperidine rings is 1. The summed E-state index contributed by atoms with van der Waals surface area (Å²) < 4.78 is 35.9. The number of benzene rings is 2. The van der Waals surface area contributed by atoms with Gasteiger partial charge in [-0.3, -0.25) is 15.0 Å². The van der Waals surface area contributed by atoms with Crippen LogP contribution in [0.1, 0.15) is 55.8 Å². The van der Waals surface area contributed by atoms with E-state index in [1.807, 2.05) is 11.8 Å². The zero-order valence-electron chi connectivity index (χ0n) is 26.5. The maximum Gasteiger partial charge on any atom is 0.322 e. The van der Waals surface area contributed by atoms with Gasteiger partial charge < -0.3 is 25.0 Å². The first-order chi connectivity index (χ1) is 22.7. The Labute approximate surface area is 271 Å². The molecular formula is C34H39F2N7O4. The van der Waals surface area contributed by atoms with Gasteiger partial charge in [-0.15, -0.1) is 0 Å². The number of carbonyl (C=O) groups excluding carboxylic acids is 2. The number of fused-ring (bicyclic) bond motifs is 3. The van der Waals surface area contributed by atoms with Crippen molar-refractivity contribution in [3.63, 3.8) is 0 Å². The summed E-state index contributed by atoms with van der Waals surface area (Å²) in [6.45, 7) is 5.26. The number of ether oxygens (including phenoxy) is 1. The largest absolute Gasteiger partial charge is 0.508 e. The van der Waals surface area contributed by atoms with Gasteiger partial charge in [0.25, 0.3) is 5.91 Å². The van der Waals surface area contributed by atoms with Gasteiger partial charge in [0.05, 0.1) is 24.3 Å². The maximum absolute atomic E-state index is 15.0. The summed E-state index contributed by atoms with van der Waals surface area (Å²) in [4.78, 5) is 41.2. The number of aromatic nitrogens is 2. The van der Waals surface area contributed by atoms with E-state index in [1.54, 1.807) is 18.2 Å². The standard InChI is InChI=1S/C34H39F2N7O4/c1-2-23-25(36)6-5-20-13-22(44)14-27(28(20)23)41-12-7-24-26(17-41)37-32(47-19-33-8-3-11-43(33)16-21(35)15-33)38-29(24)42-10-4-9-34(18-42)30(45)39-31(46)40-34/h5-6,13-14,21,44H,2-4,7-12,15-19H2,1H3,(H2,39,40,45,46)/t21-,33+,34?/m1/s1. The van der Waals surface area contributed by atoms with E-state index >= 15 is 4.39 Å². The summed E-state index contributed by atoms with van der Waals surface area (Å²) in [5, 5.41) is 17.4. The number of amides is 3. The molecule has 5 aliphatic heterocycles. The lowest BCUT2D eigenvalue weighted by Gasteiger charge is -2.40. The zero-order chi connectivity index (χ0) is 32.5. The first kappa shape index (κ1) is 30.1. The molecule has 1 aromatic heterocycles. The third kappa shape index (κ3) is 5.01. The number of urea groups is 1. The van der Waals surface area contributed by atoms with Gasteiger partial charge in [-0.2, -0.15) is 9.97 Å². The number of imide groups is 1. The van der Waals surface area contributed by atoms with Crippen molar-refractivity contribution in [2.24, 2.45) is 0 Å². The molecule has 3 amide bonds. The number of hydrogen-bond donors (Lipinski definition) is 3. The van der Waals surface area contributed by atoms with Crippen LogP contribution in [0, 0.1) is 5.82 Å². The molecule has 8 rings (SSSR count). The van der Waals surface area contributed by atoms with Crippen molar-refractivity contribution in [2.75, 3.05) is 49.1 Å². The smallest absolute Gasteiger partial charge is 0.322 e. The Kier molecular flexibility index (Phi) is 7.16. The second-order valence-electron chi connectivity index (χ2n) is 13.7. The van der Waals surface area contributed by atoms with Crippen LogP contribution in [0.4, 0.5) is 25.1 Å². The number of aryl methyl sites for hydroxylation is 1. The lowest BCUT2D eigenvalue weighted by atomic mass is 9.88. The molecule has 248 valence electrons. The number of rotatable bonds is 6. The molecule has 4 saturated heterocycles. The number of nitrogens with one attached hydrogen (secondary N) is 2. The van der Waals surface area contributed by atoms with Gasteiger partial charge in [0.2, 0.25) is 0 Å². The number of alkyl halides is 1. The van der Waals surface area contributed by atoms with Crippen LogP contribution < -0.4 is 25.2 Å². The lowest BCUT2D eigenvalue weighted by molar-refractivity contribution is -0.124. The molecule has 11 nitrogen and oxygen atoms in total. The van der Waals surface area contributed by atoms with Crippen molar-refractivity contribution < 1.29 is 28.2 Å². The SMILES string of the molecule is CCc1c(F)ccc2cc(O)cc(N3CCc4c(nc(OC[C@@]56CCCN5C[C@H](F)C6)nc4N4CCCC5(C4)NC(=O)NC5=O)C3)c12.